The van der Waals surface area contributed by atoms with Crippen LogP contribution in [0.25, 0.3) is 11.4 Å². The molecule has 7 nitrogen and oxygen atoms in total. The highest BCUT2D eigenvalue weighted by molar-refractivity contribution is 8.00. The normalized spacial score (nSPS) is 11.8. The maximum absolute atomic E-state index is 12.4. The smallest absolute Gasteiger partial charge is 0.237 e. The molecule has 1 heterocycles. The van der Waals surface area contributed by atoms with Gasteiger partial charge in [0.05, 0.1) is 12.4 Å². The monoisotopic (exact) mass is 403 g/mol. The van der Waals surface area contributed by atoms with Gasteiger partial charge in [-0.3, -0.25) is 4.79 Å². The van der Waals surface area contributed by atoms with Gasteiger partial charge in [0.1, 0.15) is 5.75 Å². The zero-order valence-electron chi connectivity index (χ0n) is 14.7. The lowest BCUT2D eigenvalue weighted by Gasteiger charge is -2.11. The molecule has 27 heavy (non-hydrogen) atoms. The first-order valence-corrected chi connectivity index (χ1v) is 9.31. The Morgan fingerprint density at radius 2 is 1.85 bits per heavy atom. The number of aromatic nitrogens is 3. The second kappa shape index (κ2) is 8.32. The molecule has 0 unspecified atom stereocenters. The third-order valence-corrected chi connectivity index (χ3v) is 5.08. The average molecular weight is 404 g/mol. The minimum Gasteiger partial charge on any atom is -0.497 e. The van der Waals surface area contributed by atoms with E-state index in [1.165, 1.54) is 16.4 Å². The predicted molar refractivity (Wildman–Crippen MR) is 108 cm³/mol. The van der Waals surface area contributed by atoms with Crippen molar-refractivity contribution in [2.75, 3.05) is 18.3 Å². The summed E-state index contributed by atoms with van der Waals surface area (Å²) < 4.78 is 6.52. The third kappa shape index (κ3) is 4.53. The van der Waals surface area contributed by atoms with Crippen LogP contribution in [0.4, 0.5) is 5.69 Å². The molecule has 9 heteroatoms. The number of carbonyl (C=O) groups is 1. The molecule has 0 fully saturated rings. The molecule has 0 spiro atoms. The molecule has 140 valence electrons. The van der Waals surface area contributed by atoms with Crippen LogP contribution < -0.4 is 15.9 Å². The minimum absolute atomic E-state index is 0.170. The lowest BCUT2D eigenvalue weighted by atomic mass is 10.2. The van der Waals surface area contributed by atoms with Gasteiger partial charge in [-0.2, -0.15) is 0 Å². The van der Waals surface area contributed by atoms with E-state index in [2.05, 4.69) is 15.5 Å². The lowest BCUT2D eigenvalue weighted by molar-refractivity contribution is -0.115. The number of nitrogen functional groups attached to an aromatic ring is 1. The van der Waals surface area contributed by atoms with Crippen LogP contribution in [0.1, 0.15) is 6.92 Å². The molecule has 3 aromatic rings. The number of ether oxygens (including phenoxy) is 1. The molecule has 0 saturated carbocycles. The van der Waals surface area contributed by atoms with Gasteiger partial charge in [-0.25, -0.2) is 4.68 Å². The van der Waals surface area contributed by atoms with E-state index in [4.69, 9.17) is 22.2 Å². The number of rotatable bonds is 6. The Morgan fingerprint density at radius 3 is 2.48 bits per heavy atom. The number of benzene rings is 2. The van der Waals surface area contributed by atoms with E-state index in [-0.39, 0.29) is 5.91 Å². The molecule has 0 aliphatic carbocycles. The van der Waals surface area contributed by atoms with E-state index >= 15 is 0 Å². The Kier molecular flexibility index (Phi) is 5.88. The molecular weight excluding hydrogens is 386 g/mol. The number of hydrogen-bond acceptors (Lipinski definition) is 6. The van der Waals surface area contributed by atoms with Gasteiger partial charge in [-0.1, -0.05) is 23.4 Å². The van der Waals surface area contributed by atoms with Crippen LogP contribution in [0.15, 0.2) is 53.7 Å². The van der Waals surface area contributed by atoms with E-state index in [0.29, 0.717) is 21.7 Å². The number of hydrogen-bond donors (Lipinski definition) is 2. The fraction of sp³-hybridized carbons (Fsp3) is 0.167. The number of halogens is 1. The van der Waals surface area contributed by atoms with Gasteiger partial charge in [0.2, 0.25) is 11.1 Å². The van der Waals surface area contributed by atoms with Gasteiger partial charge in [0.25, 0.3) is 0 Å². The quantitative estimate of drug-likeness (QED) is 0.483. The Labute approximate surface area is 165 Å². The zero-order valence-corrected chi connectivity index (χ0v) is 16.3. The van der Waals surface area contributed by atoms with Crippen LogP contribution in [0, 0.1) is 0 Å². The minimum atomic E-state index is -0.420. The summed E-state index contributed by atoms with van der Waals surface area (Å²) in [5.41, 5.74) is 1.47. The summed E-state index contributed by atoms with van der Waals surface area (Å²) in [5, 5.41) is 11.7. The Hall–Kier alpha value is -2.71. The van der Waals surface area contributed by atoms with Crippen LogP contribution in [-0.4, -0.2) is 33.1 Å². The summed E-state index contributed by atoms with van der Waals surface area (Å²) >= 11 is 7.08. The summed E-state index contributed by atoms with van der Waals surface area (Å²) in [7, 11) is 1.60. The van der Waals surface area contributed by atoms with Gasteiger partial charge in [-0.15, -0.1) is 10.2 Å². The molecule has 0 bridgehead atoms. The van der Waals surface area contributed by atoms with Crippen molar-refractivity contribution in [1.82, 2.24) is 14.9 Å². The van der Waals surface area contributed by atoms with E-state index < -0.39 is 5.25 Å². The van der Waals surface area contributed by atoms with Crippen LogP contribution >= 0.6 is 23.4 Å². The first kappa shape index (κ1) is 19.1. The van der Waals surface area contributed by atoms with Crippen molar-refractivity contribution in [2.24, 2.45) is 0 Å². The maximum atomic E-state index is 12.4. The van der Waals surface area contributed by atoms with Gasteiger partial charge < -0.3 is 15.9 Å². The predicted octanol–water partition coefficient (Wildman–Crippen LogP) is 3.44. The van der Waals surface area contributed by atoms with Crippen molar-refractivity contribution < 1.29 is 9.53 Å². The fourth-order valence-corrected chi connectivity index (χ4v) is 3.18. The number of thioether (sulfide) groups is 1. The van der Waals surface area contributed by atoms with Crippen molar-refractivity contribution >= 4 is 35.0 Å². The van der Waals surface area contributed by atoms with Crippen LogP contribution in [0.5, 0.6) is 5.75 Å². The van der Waals surface area contributed by atoms with Crippen molar-refractivity contribution in [3.05, 3.63) is 53.6 Å². The number of amides is 1. The third-order valence-electron chi connectivity index (χ3n) is 3.78. The Bertz CT molecular complexity index is 928. The van der Waals surface area contributed by atoms with E-state index in [9.17, 15) is 4.79 Å². The van der Waals surface area contributed by atoms with Gasteiger partial charge >= 0.3 is 0 Å². The molecule has 3 N–H and O–H groups in total. The molecule has 1 amide bonds. The molecule has 0 radical (unpaired) electrons. The van der Waals surface area contributed by atoms with E-state index in [1.807, 2.05) is 24.3 Å². The van der Waals surface area contributed by atoms with Gasteiger partial charge in [0, 0.05) is 16.3 Å². The second-order valence-electron chi connectivity index (χ2n) is 5.66. The van der Waals surface area contributed by atoms with E-state index in [0.717, 1.165) is 11.3 Å². The molecule has 2 aromatic carbocycles. The Balaban J connectivity index is 1.68. The van der Waals surface area contributed by atoms with Crippen LogP contribution in [0.3, 0.4) is 0 Å². The van der Waals surface area contributed by atoms with Crippen molar-refractivity contribution in [3.63, 3.8) is 0 Å². The summed E-state index contributed by atoms with van der Waals surface area (Å²) in [4.78, 5) is 12.4. The summed E-state index contributed by atoms with van der Waals surface area (Å²) in [6, 6.07) is 14.2. The van der Waals surface area contributed by atoms with Crippen LogP contribution in [0.2, 0.25) is 5.02 Å². The number of nitrogens with two attached hydrogens (primary N) is 1. The molecule has 0 aliphatic heterocycles. The average Bonchev–Trinajstić information content (AvgIpc) is 3.04. The molecule has 1 aromatic heterocycles. The molecular formula is C18H18ClN5O2S. The number of nitrogens with zero attached hydrogens (tertiary/aromatic N) is 3. The number of nitrogens with one attached hydrogen (secondary N) is 1. The van der Waals surface area contributed by atoms with Gasteiger partial charge in [-0.05, 0) is 55.5 Å². The highest BCUT2D eigenvalue weighted by Crippen LogP contribution is 2.26. The first-order valence-electron chi connectivity index (χ1n) is 8.06. The fourth-order valence-electron chi connectivity index (χ4n) is 2.28. The number of anilines is 1. The highest BCUT2D eigenvalue weighted by Gasteiger charge is 2.20. The number of carbonyl (C=O) groups excluding carboxylic acids is 1. The summed E-state index contributed by atoms with van der Waals surface area (Å²) in [6.45, 7) is 1.78. The maximum Gasteiger partial charge on any atom is 0.237 e. The standard InChI is InChI=1S/C18H18ClN5O2S/c1-11(17(25)21-14-7-5-13(19)6-8-14)27-18-23-22-16(24(18)20)12-3-9-15(26-2)10-4-12/h3-11H,20H2,1-2H3,(H,21,25)/t11-/m1/s1. The molecule has 0 saturated heterocycles. The molecule has 0 aliphatic rings. The lowest BCUT2D eigenvalue weighted by Crippen LogP contribution is -2.23. The second-order valence-corrected chi connectivity index (χ2v) is 7.41. The molecule has 3 rings (SSSR count). The topological polar surface area (TPSA) is 95.1 Å². The van der Waals surface area contributed by atoms with Crippen molar-refractivity contribution in [1.29, 1.82) is 0 Å². The largest absolute Gasteiger partial charge is 0.497 e. The molecule has 1 atom stereocenters. The SMILES string of the molecule is COc1ccc(-c2nnc(S[C@H](C)C(=O)Nc3ccc(Cl)cc3)n2N)cc1. The zero-order chi connectivity index (χ0) is 19.4. The number of methoxy groups -OCH3 is 1. The van der Waals surface area contributed by atoms with Gasteiger partial charge in [0.15, 0.2) is 5.82 Å². The Morgan fingerprint density at radius 1 is 1.19 bits per heavy atom. The van der Waals surface area contributed by atoms with Crippen molar-refractivity contribution in [3.8, 4) is 17.1 Å². The van der Waals surface area contributed by atoms with Crippen LogP contribution in [-0.2, 0) is 4.79 Å². The summed E-state index contributed by atoms with van der Waals surface area (Å²) in [6.07, 6.45) is 0. The first-order chi connectivity index (χ1) is 13.0. The highest BCUT2D eigenvalue weighted by atomic mass is 35.5. The van der Waals surface area contributed by atoms with E-state index in [1.54, 1.807) is 38.3 Å². The summed E-state index contributed by atoms with van der Waals surface area (Å²) in [5.74, 6) is 7.19. The van der Waals surface area contributed by atoms with Crippen molar-refractivity contribution in [2.45, 2.75) is 17.3 Å².